The lowest BCUT2D eigenvalue weighted by molar-refractivity contribution is 0.0179. The van der Waals surface area contributed by atoms with Crippen LogP contribution in [0.1, 0.15) is 52.0 Å². The van der Waals surface area contributed by atoms with Crippen LogP contribution >= 0.6 is 0 Å². The van der Waals surface area contributed by atoms with E-state index in [9.17, 15) is 4.79 Å². The Kier molecular flexibility index (Phi) is 7.61. The molecule has 0 unspecified atom stereocenters. The first-order valence-electron chi connectivity index (χ1n) is 11.2. The maximum absolute atomic E-state index is 12.4. The highest BCUT2D eigenvalue weighted by Gasteiger charge is 2.29. The molecule has 32 heavy (non-hydrogen) atoms. The van der Waals surface area contributed by atoms with Gasteiger partial charge in [-0.05, 0) is 76.3 Å². The van der Waals surface area contributed by atoms with Crippen LogP contribution in [0, 0.1) is 0 Å². The number of hydrogen-bond acceptors (Lipinski definition) is 6. The number of rotatable bonds is 6. The average Bonchev–Trinajstić information content (AvgIpc) is 2.76. The lowest BCUT2D eigenvalue weighted by Gasteiger charge is -2.35. The summed E-state index contributed by atoms with van der Waals surface area (Å²) in [6.07, 6.45) is 5.50. The Bertz CT molecular complexity index is 900. The Hall–Kier alpha value is -2.80. The third kappa shape index (κ3) is 6.36. The highest BCUT2D eigenvalue weighted by Crippen LogP contribution is 2.28. The quantitative estimate of drug-likeness (QED) is 0.682. The summed E-state index contributed by atoms with van der Waals surface area (Å²) in [5.41, 5.74) is 8.45. The van der Waals surface area contributed by atoms with E-state index >= 15 is 0 Å². The smallest absolute Gasteiger partial charge is 0.410 e. The van der Waals surface area contributed by atoms with Gasteiger partial charge in [0, 0.05) is 43.0 Å². The summed E-state index contributed by atoms with van der Waals surface area (Å²) < 4.78 is 11.1. The first-order valence-corrected chi connectivity index (χ1v) is 11.2. The SMILES string of the molecule is COc1ccc(-c2ccc(N)nc2)cc1CNC1CCC(N(C)C(=O)OC(C)(C)C)CC1. The molecule has 0 radical (unpaired) electrons. The monoisotopic (exact) mass is 440 g/mol. The fraction of sp³-hybridized carbons (Fsp3) is 0.520. The Morgan fingerprint density at radius 1 is 1.16 bits per heavy atom. The maximum atomic E-state index is 12.4. The molecule has 3 rings (SSSR count). The Balaban J connectivity index is 1.56. The molecule has 2 aromatic rings. The molecule has 1 aromatic heterocycles. The van der Waals surface area contributed by atoms with Crippen molar-refractivity contribution in [2.75, 3.05) is 19.9 Å². The number of carbonyl (C=O) groups excluding carboxylic acids is 1. The zero-order valence-electron chi connectivity index (χ0n) is 19.9. The Labute approximate surface area is 191 Å². The van der Waals surface area contributed by atoms with Crippen molar-refractivity contribution in [3.8, 4) is 16.9 Å². The molecule has 0 bridgehead atoms. The first kappa shape index (κ1) is 23.9. The molecule has 1 aromatic carbocycles. The number of benzene rings is 1. The van der Waals surface area contributed by atoms with E-state index in [1.165, 1.54) is 0 Å². The number of nitrogens with one attached hydrogen (secondary N) is 1. The van der Waals surface area contributed by atoms with Crippen molar-refractivity contribution in [3.05, 3.63) is 42.1 Å². The van der Waals surface area contributed by atoms with Crippen LogP contribution in [0.4, 0.5) is 10.6 Å². The van der Waals surface area contributed by atoms with Gasteiger partial charge in [0.05, 0.1) is 7.11 Å². The van der Waals surface area contributed by atoms with Gasteiger partial charge in [-0.1, -0.05) is 6.07 Å². The predicted molar refractivity (Wildman–Crippen MR) is 128 cm³/mol. The molecule has 1 fully saturated rings. The number of methoxy groups -OCH3 is 1. The van der Waals surface area contributed by atoms with E-state index in [0.717, 1.165) is 54.7 Å². The predicted octanol–water partition coefficient (Wildman–Crippen LogP) is 4.61. The van der Waals surface area contributed by atoms with Crippen LogP contribution in [-0.2, 0) is 11.3 Å². The Morgan fingerprint density at radius 3 is 2.44 bits per heavy atom. The second-order valence-corrected chi connectivity index (χ2v) is 9.48. The van der Waals surface area contributed by atoms with E-state index in [1.54, 1.807) is 18.2 Å². The minimum Gasteiger partial charge on any atom is -0.496 e. The molecule has 1 aliphatic rings. The summed E-state index contributed by atoms with van der Waals surface area (Å²) >= 11 is 0. The Morgan fingerprint density at radius 2 is 1.84 bits per heavy atom. The van der Waals surface area contributed by atoms with Crippen LogP contribution in [0.15, 0.2) is 36.5 Å². The molecule has 0 spiro atoms. The van der Waals surface area contributed by atoms with Crippen molar-refractivity contribution in [3.63, 3.8) is 0 Å². The molecule has 0 aliphatic heterocycles. The number of ether oxygens (including phenoxy) is 2. The second kappa shape index (κ2) is 10.2. The van der Waals surface area contributed by atoms with Gasteiger partial charge in [-0.15, -0.1) is 0 Å². The fourth-order valence-corrected chi connectivity index (χ4v) is 4.08. The van der Waals surface area contributed by atoms with Gasteiger partial charge in [-0.3, -0.25) is 0 Å². The van der Waals surface area contributed by atoms with Crippen LogP contribution in [-0.4, -0.2) is 47.8 Å². The zero-order chi connectivity index (χ0) is 23.3. The number of anilines is 1. The lowest BCUT2D eigenvalue weighted by atomic mass is 9.90. The van der Waals surface area contributed by atoms with E-state index in [0.29, 0.717) is 11.9 Å². The first-order chi connectivity index (χ1) is 15.2. The molecule has 1 saturated carbocycles. The van der Waals surface area contributed by atoms with E-state index < -0.39 is 5.60 Å². The molecule has 0 atom stereocenters. The molecule has 1 heterocycles. The van der Waals surface area contributed by atoms with Crippen LogP contribution in [0.5, 0.6) is 5.75 Å². The van der Waals surface area contributed by atoms with E-state index in [-0.39, 0.29) is 12.1 Å². The van der Waals surface area contributed by atoms with Crippen LogP contribution < -0.4 is 15.8 Å². The van der Waals surface area contributed by atoms with Crippen LogP contribution in [0.2, 0.25) is 0 Å². The van der Waals surface area contributed by atoms with Crippen molar-refractivity contribution in [1.82, 2.24) is 15.2 Å². The summed E-state index contributed by atoms with van der Waals surface area (Å²) in [6, 6.07) is 10.6. The van der Waals surface area contributed by atoms with Gasteiger partial charge in [0.2, 0.25) is 0 Å². The fourth-order valence-electron chi connectivity index (χ4n) is 4.08. The largest absolute Gasteiger partial charge is 0.496 e. The molecule has 7 heteroatoms. The number of nitrogens with zero attached hydrogens (tertiary/aromatic N) is 2. The zero-order valence-corrected chi connectivity index (χ0v) is 19.9. The van der Waals surface area contributed by atoms with Gasteiger partial charge >= 0.3 is 6.09 Å². The molecule has 174 valence electrons. The molecule has 1 aliphatic carbocycles. The number of nitrogens with two attached hydrogens (primary N) is 1. The van der Waals surface area contributed by atoms with Gasteiger partial charge in [0.1, 0.15) is 17.2 Å². The number of aromatic nitrogens is 1. The highest BCUT2D eigenvalue weighted by molar-refractivity contribution is 5.68. The minimum atomic E-state index is -0.472. The van der Waals surface area contributed by atoms with E-state index in [4.69, 9.17) is 15.2 Å². The number of amides is 1. The summed E-state index contributed by atoms with van der Waals surface area (Å²) in [7, 11) is 3.54. The van der Waals surface area contributed by atoms with Crippen molar-refractivity contribution < 1.29 is 14.3 Å². The van der Waals surface area contributed by atoms with Crippen molar-refractivity contribution in [1.29, 1.82) is 0 Å². The highest BCUT2D eigenvalue weighted by atomic mass is 16.6. The molecule has 1 amide bonds. The molecular formula is C25H36N4O3. The molecule has 7 nitrogen and oxygen atoms in total. The second-order valence-electron chi connectivity index (χ2n) is 9.48. The van der Waals surface area contributed by atoms with Gasteiger partial charge in [0.25, 0.3) is 0 Å². The topological polar surface area (TPSA) is 89.7 Å². The average molecular weight is 441 g/mol. The van der Waals surface area contributed by atoms with Crippen molar-refractivity contribution >= 4 is 11.9 Å². The maximum Gasteiger partial charge on any atom is 0.410 e. The summed E-state index contributed by atoms with van der Waals surface area (Å²) in [5.74, 6) is 1.38. The normalized spacial score (nSPS) is 18.8. The third-order valence-corrected chi connectivity index (χ3v) is 5.91. The summed E-state index contributed by atoms with van der Waals surface area (Å²) in [5, 5.41) is 3.68. The van der Waals surface area contributed by atoms with E-state index in [1.807, 2.05) is 52.1 Å². The van der Waals surface area contributed by atoms with Gasteiger partial charge in [-0.2, -0.15) is 0 Å². The molecule has 0 saturated heterocycles. The van der Waals surface area contributed by atoms with Gasteiger partial charge < -0.3 is 25.4 Å². The van der Waals surface area contributed by atoms with Crippen LogP contribution in [0.3, 0.4) is 0 Å². The molecule has 3 N–H and O–H groups in total. The third-order valence-electron chi connectivity index (χ3n) is 5.91. The number of carbonyl (C=O) groups is 1. The number of nitrogen functional groups attached to an aromatic ring is 1. The number of pyridine rings is 1. The summed E-state index contributed by atoms with van der Waals surface area (Å²) in [4.78, 5) is 18.3. The van der Waals surface area contributed by atoms with Crippen molar-refractivity contribution in [2.24, 2.45) is 0 Å². The number of hydrogen-bond donors (Lipinski definition) is 2. The standard InChI is InChI=1S/C25H36N4O3/c1-25(2,3)32-24(30)29(4)21-10-8-20(9-11-21)27-16-19-14-17(6-12-22(19)31-5)18-7-13-23(26)28-15-18/h6-7,12-15,20-21,27H,8-11,16H2,1-5H3,(H2,26,28). The van der Waals surface area contributed by atoms with Gasteiger partial charge in [0.15, 0.2) is 0 Å². The van der Waals surface area contributed by atoms with Crippen LogP contribution in [0.25, 0.3) is 11.1 Å². The summed E-state index contributed by atoms with van der Waals surface area (Å²) in [6.45, 7) is 6.41. The minimum absolute atomic E-state index is 0.221. The molecular weight excluding hydrogens is 404 g/mol. The van der Waals surface area contributed by atoms with E-state index in [2.05, 4.69) is 16.4 Å². The van der Waals surface area contributed by atoms with Crippen molar-refractivity contribution in [2.45, 2.75) is 70.7 Å². The van der Waals surface area contributed by atoms with Gasteiger partial charge in [-0.25, -0.2) is 9.78 Å². The lowest BCUT2D eigenvalue weighted by Crippen LogP contribution is -2.44.